The Labute approximate surface area is 168 Å². The van der Waals surface area contributed by atoms with Crippen molar-refractivity contribution in [1.82, 2.24) is 14.8 Å². The van der Waals surface area contributed by atoms with Crippen molar-refractivity contribution in [2.45, 2.75) is 24.3 Å². The summed E-state index contributed by atoms with van der Waals surface area (Å²) in [4.78, 5) is 12.8. The van der Waals surface area contributed by atoms with Gasteiger partial charge in [0.05, 0.1) is 11.5 Å². The smallest absolute Gasteiger partial charge is 0.229 e. The molecule has 7 nitrogen and oxygen atoms in total. The molecule has 9 heteroatoms. The Morgan fingerprint density at radius 2 is 1.71 bits per heavy atom. The van der Waals surface area contributed by atoms with E-state index in [2.05, 4.69) is 14.9 Å². The highest BCUT2D eigenvalue weighted by atomic mass is 32.2. The van der Waals surface area contributed by atoms with Crippen LogP contribution in [0.5, 0.6) is 0 Å². The van der Waals surface area contributed by atoms with Crippen LogP contribution in [-0.4, -0.2) is 40.5 Å². The van der Waals surface area contributed by atoms with E-state index >= 15 is 0 Å². The summed E-state index contributed by atoms with van der Waals surface area (Å²) >= 11 is 1.33. The zero-order chi connectivity index (χ0) is 20.3. The average molecular weight is 417 g/mol. The molecule has 0 amide bonds. The van der Waals surface area contributed by atoms with Crippen molar-refractivity contribution >= 4 is 33.3 Å². The lowest BCUT2D eigenvalue weighted by Gasteiger charge is -2.12. The number of carbonyl (C=O) groups is 1. The van der Waals surface area contributed by atoms with E-state index in [0.29, 0.717) is 16.4 Å². The number of thioether (sulfide) groups is 1. The van der Waals surface area contributed by atoms with Gasteiger partial charge in [0, 0.05) is 16.9 Å². The van der Waals surface area contributed by atoms with Gasteiger partial charge >= 0.3 is 0 Å². The summed E-state index contributed by atoms with van der Waals surface area (Å²) in [7, 11) is -3.35. The van der Waals surface area contributed by atoms with E-state index in [4.69, 9.17) is 0 Å². The Hall–Kier alpha value is -2.65. The number of para-hydroxylation sites is 1. The molecule has 0 saturated heterocycles. The summed E-state index contributed by atoms with van der Waals surface area (Å²) in [5.74, 6) is 0.667. The Morgan fingerprint density at radius 1 is 1.07 bits per heavy atom. The third-order valence-electron chi connectivity index (χ3n) is 3.93. The second-order valence-corrected chi connectivity index (χ2v) is 9.33. The first-order valence-corrected chi connectivity index (χ1v) is 11.3. The topological polar surface area (TPSA) is 94.0 Å². The highest BCUT2D eigenvalue weighted by molar-refractivity contribution is 8.00. The molecule has 0 bridgehead atoms. The molecule has 146 valence electrons. The van der Waals surface area contributed by atoms with E-state index in [1.165, 1.54) is 11.8 Å². The van der Waals surface area contributed by atoms with Crippen LogP contribution >= 0.6 is 11.8 Å². The largest absolute Gasteiger partial charge is 0.293 e. The first kappa shape index (κ1) is 20.1. The lowest BCUT2D eigenvalue weighted by Crippen LogP contribution is -2.15. The predicted molar refractivity (Wildman–Crippen MR) is 111 cm³/mol. The van der Waals surface area contributed by atoms with E-state index < -0.39 is 10.0 Å². The van der Waals surface area contributed by atoms with Crippen molar-refractivity contribution in [2.75, 3.05) is 11.0 Å². The summed E-state index contributed by atoms with van der Waals surface area (Å²) in [6.07, 6.45) is 1.08. The third-order valence-corrected chi connectivity index (χ3v) is 5.58. The van der Waals surface area contributed by atoms with Crippen molar-refractivity contribution < 1.29 is 13.2 Å². The molecule has 2 aromatic carbocycles. The van der Waals surface area contributed by atoms with Crippen LogP contribution in [0.2, 0.25) is 0 Å². The highest BCUT2D eigenvalue weighted by Gasteiger charge is 2.21. The van der Waals surface area contributed by atoms with Crippen molar-refractivity contribution in [1.29, 1.82) is 0 Å². The second kappa shape index (κ2) is 8.15. The van der Waals surface area contributed by atoms with E-state index in [-0.39, 0.29) is 11.0 Å². The van der Waals surface area contributed by atoms with Crippen molar-refractivity contribution in [3.63, 3.8) is 0 Å². The lowest BCUT2D eigenvalue weighted by molar-refractivity contribution is 0.0994. The summed E-state index contributed by atoms with van der Waals surface area (Å²) in [6, 6.07) is 16.1. The van der Waals surface area contributed by atoms with Crippen LogP contribution < -0.4 is 4.72 Å². The van der Waals surface area contributed by atoms with Crippen LogP contribution in [-0.2, 0) is 10.0 Å². The number of Topliss-reactive ketones (excluding diaryl/α,β-unsaturated/α-hetero) is 1. The monoisotopic (exact) mass is 416 g/mol. The average Bonchev–Trinajstić information content (AvgIpc) is 3.01. The van der Waals surface area contributed by atoms with Gasteiger partial charge in [-0.1, -0.05) is 30.0 Å². The summed E-state index contributed by atoms with van der Waals surface area (Å²) in [5, 5.41) is 8.60. The number of aromatic nitrogens is 3. The molecule has 1 N–H and O–H groups in total. The van der Waals surface area contributed by atoms with Crippen molar-refractivity contribution in [3.8, 4) is 5.69 Å². The first-order valence-electron chi connectivity index (χ1n) is 8.51. The number of hydrogen-bond acceptors (Lipinski definition) is 6. The minimum Gasteiger partial charge on any atom is -0.293 e. The number of benzene rings is 2. The van der Waals surface area contributed by atoms with Gasteiger partial charge in [0.15, 0.2) is 10.9 Å². The molecule has 1 heterocycles. The van der Waals surface area contributed by atoms with Gasteiger partial charge in [0.1, 0.15) is 5.82 Å². The minimum atomic E-state index is -3.35. The quantitative estimate of drug-likeness (QED) is 0.469. The zero-order valence-electron chi connectivity index (χ0n) is 15.7. The molecule has 0 aliphatic heterocycles. The molecule has 3 aromatic rings. The van der Waals surface area contributed by atoms with Crippen LogP contribution in [0.15, 0.2) is 59.8 Å². The number of nitrogens with zero attached hydrogens (tertiary/aromatic N) is 3. The molecule has 0 radical (unpaired) electrons. The van der Waals surface area contributed by atoms with Gasteiger partial charge in [-0.2, -0.15) is 0 Å². The second-order valence-electron chi connectivity index (χ2n) is 6.28. The van der Waals surface area contributed by atoms with Crippen LogP contribution in [0.1, 0.15) is 23.1 Å². The molecule has 28 heavy (non-hydrogen) atoms. The number of rotatable bonds is 7. The number of carbonyl (C=O) groups excluding carboxylic acids is 1. The lowest BCUT2D eigenvalue weighted by atomic mass is 10.1. The standard InChI is InChI=1S/C19H20N4O3S2/c1-13(18(24)15-9-11-16(12-10-15)22-28(3,25)26)27-19-21-20-14(2)23(19)17-7-5-4-6-8-17/h4-13,22H,1-3H3. The van der Waals surface area contributed by atoms with Crippen molar-refractivity contribution in [3.05, 3.63) is 66.0 Å². The van der Waals surface area contributed by atoms with E-state index in [9.17, 15) is 13.2 Å². The first-order chi connectivity index (χ1) is 13.2. The van der Waals surface area contributed by atoms with Gasteiger partial charge in [0.25, 0.3) is 0 Å². The molecule has 0 aliphatic carbocycles. The molecular formula is C19H20N4O3S2. The van der Waals surface area contributed by atoms with Gasteiger partial charge in [-0.15, -0.1) is 10.2 Å². The van der Waals surface area contributed by atoms with E-state index in [0.717, 1.165) is 17.8 Å². The zero-order valence-corrected chi connectivity index (χ0v) is 17.3. The number of ketones is 1. The Balaban J connectivity index is 1.77. The molecule has 1 atom stereocenters. The fraction of sp³-hybridized carbons (Fsp3) is 0.211. The third kappa shape index (κ3) is 4.79. The van der Waals surface area contributed by atoms with Gasteiger partial charge in [-0.05, 0) is 50.2 Å². The Bertz CT molecular complexity index is 1080. The number of anilines is 1. The Morgan fingerprint density at radius 3 is 2.32 bits per heavy atom. The molecule has 0 aliphatic rings. The number of sulfonamides is 1. The van der Waals surface area contributed by atoms with Gasteiger partial charge in [0.2, 0.25) is 10.0 Å². The maximum atomic E-state index is 12.8. The summed E-state index contributed by atoms with van der Waals surface area (Å²) in [6.45, 7) is 3.68. The van der Waals surface area contributed by atoms with Gasteiger partial charge < -0.3 is 0 Å². The SMILES string of the molecule is Cc1nnc(SC(C)C(=O)c2ccc(NS(C)(=O)=O)cc2)n1-c1ccccc1. The maximum absolute atomic E-state index is 12.8. The van der Waals surface area contributed by atoms with Crippen LogP contribution in [0.3, 0.4) is 0 Å². The molecule has 0 saturated carbocycles. The van der Waals surface area contributed by atoms with Crippen LogP contribution in [0.4, 0.5) is 5.69 Å². The molecule has 0 spiro atoms. The van der Waals surface area contributed by atoms with E-state index in [1.54, 1.807) is 24.3 Å². The number of aryl methyl sites for hydroxylation is 1. The fourth-order valence-corrected chi connectivity index (χ4v) is 4.21. The summed E-state index contributed by atoms with van der Waals surface area (Å²) < 4.78 is 26.9. The number of nitrogens with one attached hydrogen (secondary N) is 1. The minimum absolute atomic E-state index is 0.0730. The van der Waals surface area contributed by atoms with Crippen molar-refractivity contribution in [2.24, 2.45) is 0 Å². The van der Waals surface area contributed by atoms with E-state index in [1.807, 2.05) is 48.7 Å². The molecule has 0 fully saturated rings. The molecule has 3 rings (SSSR count). The summed E-state index contributed by atoms with van der Waals surface area (Å²) in [5.41, 5.74) is 1.85. The number of hydrogen-bond donors (Lipinski definition) is 1. The molecule has 1 unspecified atom stereocenters. The predicted octanol–water partition coefficient (Wildman–Crippen LogP) is 3.31. The van der Waals surface area contributed by atoms with Crippen LogP contribution in [0.25, 0.3) is 5.69 Å². The van der Waals surface area contributed by atoms with Gasteiger partial charge in [-0.3, -0.25) is 14.1 Å². The fourth-order valence-electron chi connectivity index (χ4n) is 2.66. The Kier molecular flexibility index (Phi) is 5.85. The maximum Gasteiger partial charge on any atom is 0.229 e. The van der Waals surface area contributed by atoms with Gasteiger partial charge in [-0.25, -0.2) is 8.42 Å². The molecular weight excluding hydrogens is 396 g/mol. The van der Waals surface area contributed by atoms with Crippen LogP contribution in [0, 0.1) is 6.92 Å². The highest BCUT2D eigenvalue weighted by Crippen LogP contribution is 2.27. The molecule has 1 aromatic heterocycles. The normalized spacial score (nSPS) is 12.5.